The lowest BCUT2D eigenvalue weighted by molar-refractivity contribution is 0.532. The fourth-order valence-electron chi connectivity index (χ4n) is 2.19. The summed E-state index contributed by atoms with van der Waals surface area (Å²) in [5, 5.41) is 4.34. The first-order valence-electron chi connectivity index (χ1n) is 6.44. The third-order valence-electron chi connectivity index (χ3n) is 3.52. The fraction of sp³-hybridized carbons (Fsp3) is 0.538. The van der Waals surface area contributed by atoms with Gasteiger partial charge in [-0.25, -0.2) is 4.98 Å². The smallest absolute Gasteiger partial charge is 0.131 e. The number of nitrogens with zero attached hydrogens (tertiary/aromatic N) is 4. The molecule has 2 heterocycles. The van der Waals surface area contributed by atoms with Crippen molar-refractivity contribution in [2.24, 2.45) is 7.05 Å². The number of imidazole rings is 1. The lowest BCUT2D eigenvalue weighted by atomic mass is 10.2. The van der Waals surface area contributed by atoms with Gasteiger partial charge in [0, 0.05) is 30.8 Å². The first kappa shape index (κ1) is 11.3. The maximum atomic E-state index is 6.15. The molecule has 0 unspecified atom stereocenters. The molecule has 2 N–H and O–H groups in total. The number of anilines is 1. The van der Waals surface area contributed by atoms with Gasteiger partial charge in [0.25, 0.3) is 0 Å². The van der Waals surface area contributed by atoms with E-state index in [1.165, 1.54) is 12.8 Å². The Labute approximate surface area is 107 Å². The van der Waals surface area contributed by atoms with Gasteiger partial charge in [-0.15, -0.1) is 0 Å². The van der Waals surface area contributed by atoms with E-state index in [9.17, 15) is 0 Å². The van der Waals surface area contributed by atoms with Gasteiger partial charge in [-0.1, -0.05) is 0 Å². The van der Waals surface area contributed by atoms with Gasteiger partial charge < -0.3 is 10.3 Å². The number of hydrogen-bond acceptors (Lipinski definition) is 3. The van der Waals surface area contributed by atoms with Crippen LogP contribution in [0.4, 0.5) is 5.82 Å². The first-order chi connectivity index (χ1) is 8.58. The normalized spacial score (nSPS) is 15.6. The van der Waals surface area contributed by atoms with Crippen LogP contribution in [0, 0.1) is 0 Å². The van der Waals surface area contributed by atoms with Crippen molar-refractivity contribution >= 4 is 5.82 Å². The van der Waals surface area contributed by atoms with Crippen molar-refractivity contribution in [3.05, 3.63) is 18.2 Å². The SMILES string of the molecule is CC(C)n1cc(-c2nc(C3CC3)n(C)c2N)cn1. The molecule has 0 bridgehead atoms. The maximum Gasteiger partial charge on any atom is 0.131 e. The molecule has 0 radical (unpaired) electrons. The molecule has 3 rings (SSSR count). The lowest BCUT2D eigenvalue weighted by Crippen LogP contribution is -2.00. The van der Waals surface area contributed by atoms with E-state index in [-0.39, 0.29) is 0 Å². The summed E-state index contributed by atoms with van der Waals surface area (Å²) < 4.78 is 3.94. The van der Waals surface area contributed by atoms with Crippen molar-refractivity contribution in [2.75, 3.05) is 5.73 Å². The van der Waals surface area contributed by atoms with E-state index < -0.39 is 0 Å². The zero-order valence-corrected chi connectivity index (χ0v) is 11.1. The minimum atomic E-state index is 0.353. The van der Waals surface area contributed by atoms with Gasteiger partial charge in [-0.3, -0.25) is 4.68 Å². The van der Waals surface area contributed by atoms with E-state index in [4.69, 9.17) is 10.7 Å². The fourth-order valence-corrected chi connectivity index (χ4v) is 2.19. The van der Waals surface area contributed by atoms with E-state index >= 15 is 0 Å². The molecule has 1 aliphatic rings. The summed E-state index contributed by atoms with van der Waals surface area (Å²) in [4.78, 5) is 4.70. The van der Waals surface area contributed by atoms with E-state index in [1.807, 2.05) is 28.7 Å². The third-order valence-corrected chi connectivity index (χ3v) is 3.52. The molecule has 96 valence electrons. The number of nitrogen functional groups attached to an aromatic ring is 1. The van der Waals surface area contributed by atoms with E-state index in [0.29, 0.717) is 12.0 Å². The van der Waals surface area contributed by atoms with E-state index in [2.05, 4.69) is 18.9 Å². The summed E-state index contributed by atoms with van der Waals surface area (Å²) >= 11 is 0. The molecular formula is C13H19N5. The average molecular weight is 245 g/mol. The molecule has 0 spiro atoms. The largest absolute Gasteiger partial charge is 0.383 e. The molecule has 0 aliphatic heterocycles. The maximum absolute atomic E-state index is 6.15. The molecule has 1 aliphatic carbocycles. The van der Waals surface area contributed by atoms with Gasteiger partial charge in [0.15, 0.2) is 0 Å². The number of nitrogens with two attached hydrogens (primary N) is 1. The third kappa shape index (κ3) is 1.70. The van der Waals surface area contributed by atoms with Crippen molar-refractivity contribution in [1.82, 2.24) is 19.3 Å². The molecule has 0 atom stereocenters. The van der Waals surface area contributed by atoms with Crippen LogP contribution in [0.2, 0.25) is 0 Å². The highest BCUT2D eigenvalue weighted by molar-refractivity contribution is 5.70. The molecule has 1 saturated carbocycles. The molecule has 18 heavy (non-hydrogen) atoms. The van der Waals surface area contributed by atoms with E-state index in [0.717, 1.165) is 22.9 Å². The Hall–Kier alpha value is -1.78. The van der Waals surface area contributed by atoms with Crippen molar-refractivity contribution < 1.29 is 0 Å². The van der Waals surface area contributed by atoms with Crippen LogP contribution in [0.15, 0.2) is 12.4 Å². The molecule has 5 nitrogen and oxygen atoms in total. The van der Waals surface area contributed by atoms with Crippen molar-refractivity contribution in [1.29, 1.82) is 0 Å². The highest BCUT2D eigenvalue weighted by Crippen LogP contribution is 2.41. The van der Waals surface area contributed by atoms with Gasteiger partial charge in [0.05, 0.1) is 6.20 Å². The lowest BCUT2D eigenvalue weighted by Gasteiger charge is -2.02. The van der Waals surface area contributed by atoms with Crippen LogP contribution in [-0.4, -0.2) is 19.3 Å². The van der Waals surface area contributed by atoms with Crippen LogP contribution in [-0.2, 0) is 7.05 Å². The summed E-state index contributed by atoms with van der Waals surface area (Å²) in [6, 6.07) is 0.353. The average Bonchev–Trinajstić information content (AvgIpc) is 2.97. The summed E-state index contributed by atoms with van der Waals surface area (Å²) in [7, 11) is 1.99. The van der Waals surface area contributed by atoms with Crippen LogP contribution >= 0.6 is 0 Å². The monoisotopic (exact) mass is 245 g/mol. The second-order valence-corrected chi connectivity index (χ2v) is 5.34. The summed E-state index contributed by atoms with van der Waals surface area (Å²) in [6.45, 7) is 4.21. The molecule has 0 saturated heterocycles. The Bertz CT molecular complexity index is 574. The summed E-state index contributed by atoms with van der Waals surface area (Å²) in [5.41, 5.74) is 8.02. The van der Waals surface area contributed by atoms with Crippen LogP contribution in [0.5, 0.6) is 0 Å². The molecule has 0 aromatic carbocycles. The Morgan fingerprint density at radius 1 is 1.39 bits per heavy atom. The minimum absolute atomic E-state index is 0.353. The van der Waals surface area contributed by atoms with Gasteiger partial charge in [-0.05, 0) is 26.7 Å². The molecule has 1 fully saturated rings. The first-order valence-corrected chi connectivity index (χ1v) is 6.44. The summed E-state index contributed by atoms with van der Waals surface area (Å²) in [6.07, 6.45) is 6.32. The molecule has 0 amide bonds. The molecule has 5 heteroatoms. The minimum Gasteiger partial charge on any atom is -0.383 e. The van der Waals surface area contributed by atoms with Gasteiger partial charge in [-0.2, -0.15) is 5.10 Å². The standard InChI is InChI=1S/C13H19N5/c1-8(2)18-7-10(6-15-18)11-12(14)17(3)13(16-11)9-4-5-9/h6-9H,4-5,14H2,1-3H3. The van der Waals surface area contributed by atoms with Gasteiger partial charge >= 0.3 is 0 Å². The zero-order chi connectivity index (χ0) is 12.9. The van der Waals surface area contributed by atoms with Crippen molar-refractivity contribution in [3.8, 4) is 11.3 Å². The van der Waals surface area contributed by atoms with Crippen LogP contribution in [0.3, 0.4) is 0 Å². The molecule has 2 aromatic heterocycles. The second-order valence-electron chi connectivity index (χ2n) is 5.34. The topological polar surface area (TPSA) is 61.7 Å². The Balaban J connectivity index is 2.02. The highest BCUT2D eigenvalue weighted by atomic mass is 15.3. The van der Waals surface area contributed by atoms with Crippen LogP contribution in [0.1, 0.15) is 44.5 Å². The van der Waals surface area contributed by atoms with Gasteiger partial charge in [0.2, 0.25) is 0 Å². The Morgan fingerprint density at radius 3 is 2.67 bits per heavy atom. The number of aromatic nitrogens is 4. The number of rotatable bonds is 3. The Kier molecular flexibility index (Phi) is 2.43. The zero-order valence-electron chi connectivity index (χ0n) is 11.1. The highest BCUT2D eigenvalue weighted by Gasteiger charge is 2.30. The van der Waals surface area contributed by atoms with Crippen molar-refractivity contribution in [3.63, 3.8) is 0 Å². The van der Waals surface area contributed by atoms with Crippen LogP contribution < -0.4 is 5.73 Å². The predicted octanol–water partition coefficient (Wildman–Crippen LogP) is 2.32. The quantitative estimate of drug-likeness (QED) is 0.902. The van der Waals surface area contributed by atoms with Crippen molar-refractivity contribution in [2.45, 2.75) is 38.6 Å². The number of hydrogen-bond donors (Lipinski definition) is 1. The van der Waals surface area contributed by atoms with Gasteiger partial charge in [0.1, 0.15) is 17.3 Å². The Morgan fingerprint density at radius 2 is 2.11 bits per heavy atom. The predicted molar refractivity (Wildman–Crippen MR) is 71.2 cm³/mol. The molecule has 2 aromatic rings. The van der Waals surface area contributed by atoms with Crippen LogP contribution in [0.25, 0.3) is 11.3 Å². The second kappa shape index (κ2) is 3.86. The summed E-state index contributed by atoms with van der Waals surface area (Å²) in [5.74, 6) is 2.45. The van der Waals surface area contributed by atoms with E-state index in [1.54, 1.807) is 0 Å². The molecular weight excluding hydrogens is 226 g/mol.